The van der Waals surface area contributed by atoms with Crippen molar-refractivity contribution < 1.29 is 22.8 Å². The van der Waals surface area contributed by atoms with Crippen LogP contribution >= 0.6 is 0 Å². The molecule has 1 saturated carbocycles. The van der Waals surface area contributed by atoms with Crippen LogP contribution in [0.1, 0.15) is 31.7 Å². The summed E-state index contributed by atoms with van der Waals surface area (Å²) >= 11 is 0. The summed E-state index contributed by atoms with van der Waals surface area (Å²) in [5.41, 5.74) is 6.73. The second-order valence-electron chi connectivity index (χ2n) is 6.54. The molecule has 0 unspecified atom stereocenters. The van der Waals surface area contributed by atoms with Gasteiger partial charge in [0, 0.05) is 24.7 Å². The number of carbonyl (C=O) groups excluding carboxylic acids is 2. The minimum absolute atomic E-state index is 0.0603. The Kier molecular flexibility index (Phi) is 6.63. The number of nitrogens with one attached hydrogen (secondary N) is 1. The molecule has 1 fully saturated rings. The van der Waals surface area contributed by atoms with E-state index in [0.717, 1.165) is 24.2 Å². The highest BCUT2D eigenvalue weighted by Gasteiger charge is 2.42. The first-order chi connectivity index (χ1) is 12.3. The lowest BCUT2D eigenvalue weighted by Gasteiger charge is -2.22. The Morgan fingerprint density at radius 3 is 2.65 bits per heavy atom. The molecule has 0 bridgehead atoms. The second-order valence-corrected chi connectivity index (χ2v) is 6.54. The van der Waals surface area contributed by atoms with E-state index in [2.05, 4.69) is 5.32 Å². The van der Waals surface area contributed by atoms with Gasteiger partial charge >= 0.3 is 12.1 Å². The van der Waals surface area contributed by atoms with Gasteiger partial charge in [-0.2, -0.15) is 13.2 Å². The molecule has 2 rings (SSSR count). The van der Waals surface area contributed by atoms with Crippen molar-refractivity contribution in [3.63, 3.8) is 0 Å². The Hall–Kier alpha value is -2.09. The smallest absolute Gasteiger partial charge is 0.331 e. The molecular weight excluding hydrogens is 347 g/mol. The summed E-state index contributed by atoms with van der Waals surface area (Å²) in [6.07, 6.45) is -2.22. The SMILES string of the molecule is CCN(Cc1cccc(NC(=O)[C@@H]2CCC[C@@H]2CN)c1)C(=O)C(F)(F)F. The number of benzene rings is 1. The molecule has 144 valence electrons. The summed E-state index contributed by atoms with van der Waals surface area (Å²) in [7, 11) is 0. The number of hydrogen-bond acceptors (Lipinski definition) is 3. The topological polar surface area (TPSA) is 75.4 Å². The van der Waals surface area contributed by atoms with Crippen molar-refractivity contribution in [2.75, 3.05) is 18.4 Å². The van der Waals surface area contributed by atoms with Crippen LogP contribution in [-0.2, 0) is 16.1 Å². The Bertz CT molecular complexity index is 649. The van der Waals surface area contributed by atoms with Crippen molar-refractivity contribution >= 4 is 17.5 Å². The molecule has 0 saturated heterocycles. The van der Waals surface area contributed by atoms with E-state index in [1.165, 1.54) is 6.92 Å². The van der Waals surface area contributed by atoms with Crippen LogP contribution in [-0.4, -0.2) is 36.0 Å². The molecular formula is C18H24F3N3O2. The molecule has 26 heavy (non-hydrogen) atoms. The van der Waals surface area contributed by atoms with E-state index in [-0.39, 0.29) is 30.8 Å². The van der Waals surface area contributed by atoms with Crippen molar-refractivity contribution in [3.8, 4) is 0 Å². The Morgan fingerprint density at radius 1 is 1.31 bits per heavy atom. The van der Waals surface area contributed by atoms with E-state index in [4.69, 9.17) is 5.73 Å². The van der Waals surface area contributed by atoms with E-state index in [0.29, 0.717) is 17.8 Å². The van der Waals surface area contributed by atoms with Gasteiger partial charge in [-0.3, -0.25) is 9.59 Å². The zero-order chi connectivity index (χ0) is 19.3. The van der Waals surface area contributed by atoms with Crippen molar-refractivity contribution in [1.29, 1.82) is 0 Å². The largest absolute Gasteiger partial charge is 0.471 e. The normalized spacial score (nSPS) is 20.0. The third-order valence-electron chi connectivity index (χ3n) is 4.78. The summed E-state index contributed by atoms with van der Waals surface area (Å²) in [6.45, 7) is 1.72. The van der Waals surface area contributed by atoms with Gasteiger partial charge in [-0.05, 0) is 49.9 Å². The van der Waals surface area contributed by atoms with Gasteiger partial charge in [-0.15, -0.1) is 0 Å². The molecule has 0 aromatic heterocycles. The molecule has 0 heterocycles. The molecule has 0 radical (unpaired) electrons. The first kappa shape index (κ1) is 20.2. The standard InChI is InChI=1S/C18H24F3N3O2/c1-2-24(17(26)18(19,20)21)11-12-5-3-7-14(9-12)23-16(25)15-8-4-6-13(15)10-22/h3,5,7,9,13,15H,2,4,6,8,10-11,22H2,1H3,(H,23,25)/t13-,15-/m1/s1. The Labute approximate surface area is 150 Å². The molecule has 2 amide bonds. The number of anilines is 1. The maximum absolute atomic E-state index is 12.6. The summed E-state index contributed by atoms with van der Waals surface area (Å²) in [6, 6.07) is 6.54. The van der Waals surface area contributed by atoms with Crippen LogP contribution < -0.4 is 11.1 Å². The first-order valence-electron chi connectivity index (χ1n) is 8.72. The summed E-state index contributed by atoms with van der Waals surface area (Å²) in [5, 5.41) is 2.82. The molecule has 3 N–H and O–H groups in total. The van der Waals surface area contributed by atoms with Crippen LogP contribution in [0.25, 0.3) is 0 Å². The van der Waals surface area contributed by atoms with E-state index in [1.807, 2.05) is 0 Å². The number of hydrogen-bond donors (Lipinski definition) is 2. The summed E-state index contributed by atoms with van der Waals surface area (Å²) in [5.74, 6) is -1.96. The third kappa shape index (κ3) is 4.97. The van der Waals surface area contributed by atoms with Crippen LogP contribution in [0.2, 0.25) is 0 Å². The van der Waals surface area contributed by atoms with Crippen LogP contribution in [0.15, 0.2) is 24.3 Å². The van der Waals surface area contributed by atoms with Gasteiger partial charge in [0.15, 0.2) is 0 Å². The highest BCUT2D eigenvalue weighted by molar-refractivity contribution is 5.93. The molecule has 5 nitrogen and oxygen atoms in total. The van der Waals surface area contributed by atoms with Crippen molar-refractivity contribution in [3.05, 3.63) is 29.8 Å². The summed E-state index contributed by atoms with van der Waals surface area (Å²) in [4.78, 5) is 24.6. The fourth-order valence-electron chi connectivity index (χ4n) is 3.37. The van der Waals surface area contributed by atoms with Gasteiger partial charge in [-0.1, -0.05) is 18.6 Å². The van der Waals surface area contributed by atoms with Gasteiger partial charge in [0.1, 0.15) is 0 Å². The highest BCUT2D eigenvalue weighted by atomic mass is 19.4. The molecule has 0 spiro atoms. The average Bonchev–Trinajstić information content (AvgIpc) is 3.07. The molecule has 1 aliphatic carbocycles. The van der Waals surface area contributed by atoms with E-state index >= 15 is 0 Å². The molecule has 1 aromatic rings. The number of alkyl halides is 3. The Balaban J connectivity index is 2.05. The zero-order valence-electron chi connectivity index (χ0n) is 14.7. The quantitative estimate of drug-likeness (QED) is 0.807. The number of halogens is 3. The van der Waals surface area contributed by atoms with Gasteiger partial charge < -0.3 is 16.0 Å². The lowest BCUT2D eigenvalue weighted by Crippen LogP contribution is -2.40. The molecule has 2 atom stereocenters. The second kappa shape index (κ2) is 8.53. The number of carbonyl (C=O) groups is 2. The van der Waals surface area contributed by atoms with Crippen molar-refractivity contribution in [2.45, 2.75) is 38.9 Å². The molecule has 0 aliphatic heterocycles. The van der Waals surface area contributed by atoms with E-state index in [9.17, 15) is 22.8 Å². The van der Waals surface area contributed by atoms with Crippen LogP contribution in [0.5, 0.6) is 0 Å². The third-order valence-corrected chi connectivity index (χ3v) is 4.78. The van der Waals surface area contributed by atoms with Crippen molar-refractivity contribution in [2.24, 2.45) is 17.6 Å². The predicted molar refractivity (Wildman–Crippen MR) is 92.1 cm³/mol. The number of rotatable bonds is 6. The average molecular weight is 371 g/mol. The number of amides is 2. The van der Waals surface area contributed by atoms with Gasteiger partial charge in [0.2, 0.25) is 5.91 Å². The van der Waals surface area contributed by atoms with Crippen LogP contribution in [0, 0.1) is 11.8 Å². The highest BCUT2D eigenvalue weighted by Crippen LogP contribution is 2.32. The number of nitrogens with zero attached hydrogens (tertiary/aromatic N) is 1. The molecule has 8 heteroatoms. The van der Waals surface area contributed by atoms with Crippen molar-refractivity contribution in [1.82, 2.24) is 4.90 Å². The van der Waals surface area contributed by atoms with E-state index in [1.54, 1.807) is 24.3 Å². The minimum atomic E-state index is -4.90. The van der Waals surface area contributed by atoms with Gasteiger partial charge in [0.05, 0.1) is 0 Å². The fourth-order valence-corrected chi connectivity index (χ4v) is 3.37. The van der Waals surface area contributed by atoms with Gasteiger partial charge in [0.25, 0.3) is 0 Å². The minimum Gasteiger partial charge on any atom is -0.331 e. The first-order valence-corrected chi connectivity index (χ1v) is 8.72. The summed E-state index contributed by atoms with van der Waals surface area (Å²) < 4.78 is 37.9. The maximum atomic E-state index is 12.6. The van der Waals surface area contributed by atoms with Crippen LogP contribution in [0.4, 0.5) is 18.9 Å². The van der Waals surface area contributed by atoms with E-state index < -0.39 is 12.1 Å². The molecule has 1 aliphatic rings. The monoisotopic (exact) mass is 371 g/mol. The zero-order valence-corrected chi connectivity index (χ0v) is 14.7. The maximum Gasteiger partial charge on any atom is 0.471 e. The van der Waals surface area contributed by atoms with Crippen LogP contribution in [0.3, 0.4) is 0 Å². The Morgan fingerprint density at radius 2 is 2.04 bits per heavy atom. The lowest BCUT2D eigenvalue weighted by molar-refractivity contribution is -0.185. The molecule has 1 aromatic carbocycles. The fraction of sp³-hybridized carbons (Fsp3) is 0.556. The number of nitrogens with two attached hydrogens (primary N) is 1. The van der Waals surface area contributed by atoms with Gasteiger partial charge in [-0.25, -0.2) is 0 Å². The predicted octanol–water partition coefficient (Wildman–Crippen LogP) is 2.91. The lowest BCUT2D eigenvalue weighted by atomic mass is 9.95.